The van der Waals surface area contributed by atoms with E-state index in [1.54, 1.807) is 0 Å². The number of nitrogens with two attached hydrogens (primary N) is 1. The number of ether oxygens (including phenoxy) is 1. The predicted molar refractivity (Wildman–Crippen MR) is 59.7 cm³/mol. The highest BCUT2D eigenvalue weighted by atomic mass is 32.2. The SMILES string of the molecule is CC1OC(C)C(c2nc(S(N)(=O)=O)n[nH]2)C1C. The zero-order valence-electron chi connectivity index (χ0n) is 9.91. The summed E-state index contributed by atoms with van der Waals surface area (Å²) in [5, 5.41) is 10.8. The molecule has 1 aromatic heterocycles. The molecule has 0 radical (unpaired) electrons. The second-order valence-corrected chi connectivity index (χ2v) is 5.93. The minimum absolute atomic E-state index is 0.00741. The first-order valence-electron chi connectivity index (χ1n) is 5.41. The Kier molecular flexibility index (Phi) is 2.96. The lowest BCUT2D eigenvalue weighted by Crippen LogP contribution is -2.17. The first-order valence-corrected chi connectivity index (χ1v) is 6.96. The lowest BCUT2D eigenvalue weighted by molar-refractivity contribution is 0.0553. The normalized spacial score (nSPS) is 34.1. The van der Waals surface area contributed by atoms with Crippen molar-refractivity contribution in [1.82, 2.24) is 15.2 Å². The molecule has 1 aromatic rings. The van der Waals surface area contributed by atoms with Crippen molar-refractivity contribution < 1.29 is 13.2 Å². The molecule has 0 amide bonds. The van der Waals surface area contributed by atoms with Crippen molar-refractivity contribution in [2.24, 2.45) is 11.1 Å². The molecule has 96 valence electrons. The van der Waals surface area contributed by atoms with E-state index >= 15 is 0 Å². The molecule has 1 saturated heterocycles. The van der Waals surface area contributed by atoms with Crippen molar-refractivity contribution in [3.63, 3.8) is 0 Å². The van der Waals surface area contributed by atoms with Crippen LogP contribution in [0.15, 0.2) is 5.16 Å². The van der Waals surface area contributed by atoms with Crippen LogP contribution in [0.5, 0.6) is 0 Å². The van der Waals surface area contributed by atoms with Gasteiger partial charge in [-0.15, -0.1) is 5.10 Å². The second kappa shape index (κ2) is 4.04. The minimum atomic E-state index is -3.85. The van der Waals surface area contributed by atoms with Gasteiger partial charge >= 0.3 is 0 Å². The molecule has 2 heterocycles. The van der Waals surface area contributed by atoms with E-state index in [2.05, 4.69) is 15.2 Å². The minimum Gasteiger partial charge on any atom is -0.374 e. The number of nitrogens with zero attached hydrogens (tertiary/aromatic N) is 2. The van der Waals surface area contributed by atoms with Gasteiger partial charge in [-0.3, -0.25) is 5.10 Å². The topological polar surface area (TPSA) is 111 Å². The molecule has 0 aromatic carbocycles. The van der Waals surface area contributed by atoms with Crippen molar-refractivity contribution >= 4 is 10.0 Å². The molecule has 4 atom stereocenters. The third-order valence-corrected chi connectivity index (χ3v) is 3.99. The summed E-state index contributed by atoms with van der Waals surface area (Å²) in [4.78, 5) is 3.94. The summed E-state index contributed by atoms with van der Waals surface area (Å²) in [5.74, 6) is 0.762. The molecule has 2 rings (SSSR count). The van der Waals surface area contributed by atoms with Gasteiger partial charge in [-0.05, 0) is 19.8 Å². The monoisotopic (exact) mass is 260 g/mol. The van der Waals surface area contributed by atoms with E-state index in [1.807, 2.05) is 20.8 Å². The van der Waals surface area contributed by atoms with Crippen LogP contribution in [-0.2, 0) is 14.8 Å². The standard InChI is InChI=1S/C9H16N4O3S/c1-4-5(2)16-6(3)7(4)8-11-9(13-12-8)17(10,14)15/h4-7H,1-3H3,(H2,10,14,15)(H,11,12,13). The molecule has 8 heteroatoms. The lowest BCUT2D eigenvalue weighted by Gasteiger charge is -2.14. The fraction of sp³-hybridized carbons (Fsp3) is 0.778. The Morgan fingerprint density at radius 3 is 2.35 bits per heavy atom. The number of primary sulfonamides is 1. The van der Waals surface area contributed by atoms with E-state index in [4.69, 9.17) is 9.88 Å². The maximum Gasteiger partial charge on any atom is 0.282 e. The van der Waals surface area contributed by atoms with Crippen LogP contribution in [0.1, 0.15) is 32.5 Å². The number of H-pyrrole nitrogens is 1. The van der Waals surface area contributed by atoms with Gasteiger partial charge in [-0.25, -0.2) is 18.5 Å². The number of sulfonamides is 1. The molecule has 0 aliphatic carbocycles. The Labute approximate surface area is 99.8 Å². The van der Waals surface area contributed by atoms with Crippen molar-refractivity contribution in [2.75, 3.05) is 0 Å². The highest BCUT2D eigenvalue weighted by Gasteiger charge is 2.40. The summed E-state index contributed by atoms with van der Waals surface area (Å²) >= 11 is 0. The van der Waals surface area contributed by atoms with Crippen molar-refractivity contribution in [2.45, 2.75) is 44.1 Å². The summed E-state index contributed by atoms with van der Waals surface area (Å²) in [6.07, 6.45) is 0.0827. The van der Waals surface area contributed by atoms with Crippen molar-refractivity contribution in [3.8, 4) is 0 Å². The number of aromatic amines is 1. The maximum atomic E-state index is 11.1. The predicted octanol–water partition coefficient (Wildman–Crippen LogP) is -0.0210. The molecular weight excluding hydrogens is 244 g/mol. The van der Waals surface area contributed by atoms with Gasteiger partial charge < -0.3 is 4.74 Å². The van der Waals surface area contributed by atoms with Crippen LogP contribution in [-0.4, -0.2) is 35.8 Å². The van der Waals surface area contributed by atoms with Gasteiger partial charge in [-0.2, -0.15) is 0 Å². The molecule has 1 fully saturated rings. The van der Waals surface area contributed by atoms with Gasteiger partial charge in [0.2, 0.25) is 0 Å². The summed E-state index contributed by atoms with van der Waals surface area (Å²) in [6, 6.07) is 0. The van der Waals surface area contributed by atoms with Crippen molar-refractivity contribution in [3.05, 3.63) is 5.82 Å². The summed E-state index contributed by atoms with van der Waals surface area (Å²) < 4.78 is 27.8. The van der Waals surface area contributed by atoms with Crippen molar-refractivity contribution in [1.29, 1.82) is 0 Å². The Morgan fingerprint density at radius 1 is 1.29 bits per heavy atom. The van der Waals surface area contributed by atoms with Crippen LogP contribution >= 0.6 is 0 Å². The van der Waals surface area contributed by atoms with Gasteiger partial charge in [0.25, 0.3) is 15.2 Å². The van der Waals surface area contributed by atoms with E-state index in [0.29, 0.717) is 5.82 Å². The number of rotatable bonds is 2. The number of aromatic nitrogens is 3. The number of hydrogen-bond acceptors (Lipinski definition) is 5. The fourth-order valence-electron chi connectivity index (χ4n) is 2.27. The summed E-state index contributed by atoms with van der Waals surface area (Å²) in [7, 11) is -3.85. The maximum absolute atomic E-state index is 11.1. The largest absolute Gasteiger partial charge is 0.374 e. The van der Waals surface area contributed by atoms with E-state index in [1.165, 1.54) is 0 Å². The highest BCUT2D eigenvalue weighted by molar-refractivity contribution is 7.89. The fourth-order valence-corrected chi connectivity index (χ4v) is 2.67. The average Bonchev–Trinajstić information content (AvgIpc) is 2.73. The Balaban J connectivity index is 2.32. The highest BCUT2D eigenvalue weighted by Crippen LogP contribution is 2.38. The van der Waals surface area contributed by atoms with Gasteiger partial charge in [0, 0.05) is 5.92 Å². The van der Waals surface area contributed by atoms with Crippen LogP contribution in [0.2, 0.25) is 0 Å². The molecule has 7 nitrogen and oxygen atoms in total. The van der Waals surface area contributed by atoms with E-state index in [9.17, 15) is 8.42 Å². The smallest absolute Gasteiger partial charge is 0.282 e. The Morgan fingerprint density at radius 2 is 1.94 bits per heavy atom. The summed E-state index contributed by atoms with van der Waals surface area (Å²) in [6.45, 7) is 5.96. The van der Waals surface area contributed by atoms with E-state index < -0.39 is 10.0 Å². The van der Waals surface area contributed by atoms with Crippen LogP contribution in [0.25, 0.3) is 0 Å². The molecule has 17 heavy (non-hydrogen) atoms. The van der Waals surface area contributed by atoms with E-state index in [0.717, 1.165) is 0 Å². The average molecular weight is 260 g/mol. The zero-order chi connectivity index (χ0) is 12.8. The molecule has 4 unspecified atom stereocenters. The second-order valence-electron chi connectivity index (χ2n) is 4.48. The van der Waals surface area contributed by atoms with Gasteiger partial charge in [0.15, 0.2) is 0 Å². The summed E-state index contributed by atoms with van der Waals surface area (Å²) in [5.41, 5.74) is 0. The molecule has 0 saturated carbocycles. The van der Waals surface area contributed by atoms with Gasteiger partial charge in [0.1, 0.15) is 5.82 Å². The van der Waals surface area contributed by atoms with Crippen LogP contribution in [0.3, 0.4) is 0 Å². The molecular formula is C9H16N4O3S. The van der Waals surface area contributed by atoms with Crippen LogP contribution in [0, 0.1) is 5.92 Å². The quantitative estimate of drug-likeness (QED) is 0.776. The van der Waals surface area contributed by atoms with E-state index in [-0.39, 0.29) is 29.2 Å². The number of nitrogens with one attached hydrogen (secondary N) is 1. The van der Waals surface area contributed by atoms with Gasteiger partial charge in [-0.1, -0.05) is 6.92 Å². The molecule has 3 N–H and O–H groups in total. The lowest BCUT2D eigenvalue weighted by atomic mass is 9.89. The van der Waals surface area contributed by atoms with Crippen LogP contribution in [0.4, 0.5) is 0 Å². The first kappa shape index (κ1) is 12.5. The Hall–Kier alpha value is -0.990. The third-order valence-electron chi connectivity index (χ3n) is 3.29. The van der Waals surface area contributed by atoms with Gasteiger partial charge in [0.05, 0.1) is 12.2 Å². The molecule has 0 bridgehead atoms. The molecule has 0 spiro atoms. The van der Waals surface area contributed by atoms with Crippen LogP contribution < -0.4 is 5.14 Å². The molecule has 1 aliphatic heterocycles. The molecule has 1 aliphatic rings. The third kappa shape index (κ3) is 2.20. The Bertz CT molecular complexity index is 512. The number of hydrogen-bond donors (Lipinski definition) is 2. The zero-order valence-corrected chi connectivity index (χ0v) is 10.7. The first-order chi connectivity index (χ1) is 7.80.